The van der Waals surface area contributed by atoms with E-state index in [2.05, 4.69) is 21.2 Å². The molecule has 1 amide bonds. The van der Waals surface area contributed by atoms with Gasteiger partial charge in [-0.25, -0.2) is 0 Å². The fourth-order valence-electron chi connectivity index (χ4n) is 2.90. The molecule has 0 bridgehead atoms. The summed E-state index contributed by atoms with van der Waals surface area (Å²) in [6.07, 6.45) is 3.82. The molecule has 118 valence electrons. The first-order valence-corrected chi connectivity index (χ1v) is 8.00. The number of halogens is 2. The Morgan fingerprint density at radius 2 is 1.95 bits per heavy atom. The van der Waals surface area contributed by atoms with Gasteiger partial charge in [-0.05, 0) is 50.3 Å². The number of hydrogen-bond donors (Lipinski definition) is 2. The molecular weight excluding hydrogens is 352 g/mol. The van der Waals surface area contributed by atoms with Gasteiger partial charge in [0.2, 0.25) is 5.91 Å². The normalized spacial score (nSPS) is 21.7. The standard InChI is InChI=1S/C16H23BrN2O.ClH/c1-16(2,12-6-8-13(17)9-7-12)19-15(20)10-11-4-3-5-14(11)18;/h6-9,11,14H,3-5,10,18H2,1-2H3,(H,19,20);1H/t11-,14+;/m0./s1. The third kappa shape index (κ3) is 4.97. The van der Waals surface area contributed by atoms with Crippen LogP contribution in [-0.4, -0.2) is 11.9 Å². The van der Waals surface area contributed by atoms with Gasteiger partial charge in [0, 0.05) is 16.9 Å². The maximum atomic E-state index is 12.2. The van der Waals surface area contributed by atoms with Crippen LogP contribution in [-0.2, 0) is 10.3 Å². The summed E-state index contributed by atoms with van der Waals surface area (Å²) >= 11 is 3.43. The number of hydrogen-bond acceptors (Lipinski definition) is 2. The predicted octanol–water partition coefficient (Wildman–Crippen LogP) is 3.74. The number of rotatable bonds is 4. The Morgan fingerprint density at radius 3 is 2.48 bits per heavy atom. The predicted molar refractivity (Wildman–Crippen MR) is 92.5 cm³/mol. The Balaban J connectivity index is 0.00000220. The van der Waals surface area contributed by atoms with Gasteiger partial charge in [0.25, 0.3) is 0 Å². The molecule has 0 aromatic heterocycles. The number of carbonyl (C=O) groups excluding carboxylic acids is 1. The summed E-state index contributed by atoms with van der Waals surface area (Å²) in [5, 5.41) is 3.13. The van der Waals surface area contributed by atoms with Crippen LogP contribution in [0.3, 0.4) is 0 Å². The third-order valence-corrected chi connectivity index (χ3v) is 4.71. The second kappa shape index (κ2) is 7.61. The van der Waals surface area contributed by atoms with Gasteiger partial charge in [-0.15, -0.1) is 12.4 Å². The molecule has 1 fully saturated rings. The second-order valence-corrected chi connectivity index (χ2v) is 7.15. The van der Waals surface area contributed by atoms with Crippen molar-refractivity contribution in [3.8, 4) is 0 Å². The molecule has 0 radical (unpaired) electrons. The number of nitrogens with two attached hydrogens (primary N) is 1. The summed E-state index contributed by atoms with van der Waals surface area (Å²) in [6.45, 7) is 4.06. The van der Waals surface area contributed by atoms with Gasteiger partial charge in [-0.3, -0.25) is 4.79 Å². The van der Waals surface area contributed by atoms with Crippen molar-refractivity contribution in [3.05, 3.63) is 34.3 Å². The minimum Gasteiger partial charge on any atom is -0.347 e. The van der Waals surface area contributed by atoms with E-state index >= 15 is 0 Å². The van der Waals surface area contributed by atoms with Crippen LogP contribution < -0.4 is 11.1 Å². The highest BCUT2D eigenvalue weighted by atomic mass is 79.9. The number of nitrogens with one attached hydrogen (secondary N) is 1. The first kappa shape index (κ1) is 18.5. The minimum atomic E-state index is -0.361. The molecule has 3 nitrogen and oxygen atoms in total. The Hall–Kier alpha value is -0.580. The summed E-state index contributed by atoms with van der Waals surface area (Å²) < 4.78 is 1.04. The molecule has 3 N–H and O–H groups in total. The summed E-state index contributed by atoms with van der Waals surface area (Å²) in [5.41, 5.74) is 6.77. The van der Waals surface area contributed by atoms with Crippen LogP contribution in [0.4, 0.5) is 0 Å². The molecule has 0 aliphatic heterocycles. The topological polar surface area (TPSA) is 55.1 Å². The molecule has 1 aliphatic carbocycles. The second-order valence-electron chi connectivity index (χ2n) is 6.24. The zero-order valence-corrected chi connectivity index (χ0v) is 15.0. The lowest BCUT2D eigenvalue weighted by Gasteiger charge is -2.28. The third-order valence-electron chi connectivity index (χ3n) is 4.18. The molecule has 0 unspecified atom stereocenters. The van der Waals surface area contributed by atoms with Crippen molar-refractivity contribution in [2.45, 2.75) is 51.1 Å². The summed E-state index contributed by atoms with van der Waals surface area (Å²) in [5.74, 6) is 0.441. The van der Waals surface area contributed by atoms with Crippen molar-refractivity contribution < 1.29 is 4.79 Å². The largest absolute Gasteiger partial charge is 0.347 e. The van der Waals surface area contributed by atoms with Gasteiger partial charge < -0.3 is 11.1 Å². The Kier molecular flexibility index (Phi) is 6.70. The number of benzene rings is 1. The highest BCUT2D eigenvalue weighted by Crippen LogP contribution is 2.28. The molecule has 1 aromatic rings. The first-order valence-electron chi connectivity index (χ1n) is 7.21. The monoisotopic (exact) mass is 374 g/mol. The van der Waals surface area contributed by atoms with Gasteiger partial charge in [0.15, 0.2) is 0 Å². The molecule has 2 rings (SSSR count). The molecule has 0 heterocycles. The average molecular weight is 376 g/mol. The van der Waals surface area contributed by atoms with Gasteiger partial charge in [-0.1, -0.05) is 34.5 Å². The lowest BCUT2D eigenvalue weighted by Crippen LogP contribution is -2.42. The van der Waals surface area contributed by atoms with E-state index in [-0.39, 0.29) is 29.9 Å². The molecule has 1 aromatic carbocycles. The summed E-state index contributed by atoms with van der Waals surface area (Å²) in [4.78, 5) is 12.2. The fourth-order valence-corrected chi connectivity index (χ4v) is 3.16. The molecule has 5 heteroatoms. The molecule has 21 heavy (non-hydrogen) atoms. The van der Waals surface area contributed by atoms with Crippen LogP contribution in [0.15, 0.2) is 28.7 Å². The summed E-state index contributed by atoms with van der Waals surface area (Å²) in [7, 11) is 0. The zero-order valence-electron chi connectivity index (χ0n) is 12.6. The van der Waals surface area contributed by atoms with Crippen molar-refractivity contribution in [2.75, 3.05) is 0 Å². The van der Waals surface area contributed by atoms with Gasteiger partial charge in [0.05, 0.1) is 5.54 Å². The van der Waals surface area contributed by atoms with Gasteiger partial charge in [0.1, 0.15) is 0 Å². The van der Waals surface area contributed by atoms with E-state index in [1.54, 1.807) is 0 Å². The van der Waals surface area contributed by atoms with Crippen LogP contribution in [0.25, 0.3) is 0 Å². The van der Waals surface area contributed by atoms with Crippen molar-refractivity contribution in [3.63, 3.8) is 0 Å². The quantitative estimate of drug-likeness (QED) is 0.842. The number of amides is 1. The van der Waals surface area contributed by atoms with E-state index < -0.39 is 0 Å². The van der Waals surface area contributed by atoms with Crippen LogP contribution >= 0.6 is 28.3 Å². The molecule has 0 saturated heterocycles. The first-order chi connectivity index (χ1) is 9.38. The van der Waals surface area contributed by atoms with Crippen LogP contribution in [0.2, 0.25) is 0 Å². The summed E-state index contributed by atoms with van der Waals surface area (Å²) in [6, 6.07) is 8.25. The Labute approximate surface area is 141 Å². The molecule has 2 atom stereocenters. The lowest BCUT2D eigenvalue weighted by atomic mass is 9.93. The highest BCUT2D eigenvalue weighted by Gasteiger charge is 2.29. The average Bonchev–Trinajstić information content (AvgIpc) is 2.74. The van der Waals surface area contributed by atoms with E-state index in [0.29, 0.717) is 12.3 Å². The van der Waals surface area contributed by atoms with E-state index in [9.17, 15) is 4.79 Å². The molecule has 1 saturated carbocycles. The smallest absolute Gasteiger partial charge is 0.221 e. The van der Waals surface area contributed by atoms with Crippen LogP contribution in [0.1, 0.15) is 45.1 Å². The molecular formula is C16H24BrClN2O. The Morgan fingerprint density at radius 1 is 1.33 bits per heavy atom. The van der Waals surface area contributed by atoms with Crippen LogP contribution in [0, 0.1) is 5.92 Å². The number of carbonyl (C=O) groups is 1. The van der Waals surface area contributed by atoms with Crippen molar-refractivity contribution >= 4 is 34.2 Å². The van der Waals surface area contributed by atoms with Crippen molar-refractivity contribution in [2.24, 2.45) is 11.7 Å². The van der Waals surface area contributed by atoms with Crippen LogP contribution in [0.5, 0.6) is 0 Å². The maximum absolute atomic E-state index is 12.2. The lowest BCUT2D eigenvalue weighted by molar-refractivity contribution is -0.123. The van der Waals surface area contributed by atoms with Crippen molar-refractivity contribution in [1.82, 2.24) is 5.32 Å². The Bertz CT molecular complexity index is 476. The fraction of sp³-hybridized carbons (Fsp3) is 0.562. The van der Waals surface area contributed by atoms with Crippen molar-refractivity contribution in [1.29, 1.82) is 0 Å². The molecule has 1 aliphatic rings. The zero-order chi connectivity index (χ0) is 14.8. The van der Waals surface area contributed by atoms with Gasteiger partial charge >= 0.3 is 0 Å². The SMILES string of the molecule is CC(C)(NC(=O)C[C@@H]1CCC[C@H]1N)c1ccc(Br)cc1.Cl. The molecule has 0 spiro atoms. The van der Waals surface area contributed by atoms with E-state index in [4.69, 9.17) is 5.73 Å². The van der Waals surface area contributed by atoms with Gasteiger partial charge in [-0.2, -0.15) is 0 Å². The van der Waals surface area contributed by atoms with E-state index in [1.807, 2.05) is 38.1 Å². The highest BCUT2D eigenvalue weighted by molar-refractivity contribution is 9.10. The van der Waals surface area contributed by atoms with E-state index in [1.165, 1.54) is 0 Å². The maximum Gasteiger partial charge on any atom is 0.221 e. The van der Waals surface area contributed by atoms with E-state index in [0.717, 1.165) is 29.3 Å². The minimum absolute atomic E-state index is 0.